The summed E-state index contributed by atoms with van der Waals surface area (Å²) >= 11 is 0. The Morgan fingerprint density at radius 3 is 3.05 bits per heavy atom. The Morgan fingerprint density at radius 1 is 1.60 bits per heavy atom. The monoisotopic (exact) mass is 279 g/mol. The van der Waals surface area contributed by atoms with E-state index >= 15 is 0 Å². The molecule has 3 N–H and O–H groups in total. The summed E-state index contributed by atoms with van der Waals surface area (Å²) in [7, 11) is 0. The molecule has 7 heteroatoms. The number of rotatable bonds is 4. The summed E-state index contributed by atoms with van der Waals surface area (Å²) in [6.07, 6.45) is 2.39. The molecule has 1 aromatic rings. The van der Waals surface area contributed by atoms with Gasteiger partial charge in [0.05, 0.1) is 11.8 Å². The number of aromatic nitrogens is 2. The molecule has 7 nitrogen and oxygen atoms in total. The molecule has 0 saturated carbocycles. The predicted octanol–water partition coefficient (Wildman–Crippen LogP) is -0.499. The van der Waals surface area contributed by atoms with Crippen molar-refractivity contribution >= 4 is 11.8 Å². The Hall–Kier alpha value is -1.89. The summed E-state index contributed by atoms with van der Waals surface area (Å²) in [4.78, 5) is 25.8. The molecule has 0 spiro atoms. The van der Waals surface area contributed by atoms with Crippen LogP contribution >= 0.6 is 0 Å². The Bertz CT molecular complexity index is 511. The van der Waals surface area contributed by atoms with Crippen LogP contribution in [0.3, 0.4) is 0 Å². The van der Waals surface area contributed by atoms with Crippen LogP contribution in [0.5, 0.6) is 0 Å². The van der Waals surface area contributed by atoms with Crippen molar-refractivity contribution in [3.05, 3.63) is 17.5 Å². The first-order valence-corrected chi connectivity index (χ1v) is 6.87. The summed E-state index contributed by atoms with van der Waals surface area (Å²) in [6.45, 7) is 5.91. The molecule has 0 aromatic carbocycles. The number of nitrogens with one attached hydrogen (secondary N) is 1. The van der Waals surface area contributed by atoms with E-state index in [9.17, 15) is 9.59 Å². The summed E-state index contributed by atoms with van der Waals surface area (Å²) in [6, 6.07) is -0.442. The number of hydrogen-bond acceptors (Lipinski definition) is 4. The molecule has 110 valence electrons. The van der Waals surface area contributed by atoms with Crippen LogP contribution in [0, 0.1) is 6.92 Å². The van der Waals surface area contributed by atoms with Gasteiger partial charge in [-0.05, 0) is 26.8 Å². The van der Waals surface area contributed by atoms with Gasteiger partial charge < -0.3 is 16.0 Å². The first-order chi connectivity index (χ1) is 9.56. The van der Waals surface area contributed by atoms with Crippen LogP contribution < -0.4 is 11.1 Å². The van der Waals surface area contributed by atoms with Crippen LogP contribution in [0.25, 0.3) is 0 Å². The zero-order valence-electron chi connectivity index (χ0n) is 11.9. The minimum absolute atomic E-state index is 0.113. The van der Waals surface area contributed by atoms with Crippen LogP contribution in [-0.4, -0.2) is 52.2 Å². The Kier molecular flexibility index (Phi) is 4.39. The van der Waals surface area contributed by atoms with Crippen molar-refractivity contribution in [2.24, 2.45) is 5.73 Å². The Balaban J connectivity index is 2.16. The molecular formula is C13H21N5O2. The third-order valence-electron chi connectivity index (χ3n) is 3.67. The van der Waals surface area contributed by atoms with E-state index in [2.05, 4.69) is 10.4 Å². The van der Waals surface area contributed by atoms with Crippen LogP contribution in [0.4, 0.5) is 0 Å². The number of carbonyl (C=O) groups excluding carboxylic acids is 2. The number of hydrogen-bond donors (Lipinski definition) is 2. The van der Waals surface area contributed by atoms with Crippen molar-refractivity contribution in [2.75, 3.05) is 19.6 Å². The van der Waals surface area contributed by atoms with Crippen LogP contribution in [0.2, 0.25) is 0 Å². The van der Waals surface area contributed by atoms with E-state index < -0.39 is 6.04 Å². The Labute approximate surface area is 118 Å². The molecule has 2 heterocycles. The maximum Gasteiger partial charge on any atom is 0.258 e. The van der Waals surface area contributed by atoms with Gasteiger partial charge in [0.25, 0.3) is 5.91 Å². The quantitative estimate of drug-likeness (QED) is 0.777. The number of nitrogens with two attached hydrogens (primary N) is 1. The molecule has 1 unspecified atom stereocenters. The lowest BCUT2D eigenvalue weighted by atomic mass is 10.1. The highest BCUT2D eigenvalue weighted by Crippen LogP contribution is 2.14. The lowest BCUT2D eigenvalue weighted by molar-refractivity contribution is -0.127. The van der Waals surface area contributed by atoms with Crippen molar-refractivity contribution in [3.63, 3.8) is 0 Å². The van der Waals surface area contributed by atoms with Gasteiger partial charge in [-0.15, -0.1) is 0 Å². The smallest absolute Gasteiger partial charge is 0.258 e. The standard InChI is InChI=1S/C13H21N5O2/c1-9-11(8-16-18(9)6-3-4-14)13(20)17-7-5-15-12(19)10(17)2/h8,10H,3-7,14H2,1-2H3,(H,15,19). The maximum absolute atomic E-state index is 12.5. The van der Waals surface area contributed by atoms with Crippen LogP contribution in [0.1, 0.15) is 29.4 Å². The molecule has 1 atom stereocenters. The molecule has 2 amide bonds. The molecule has 20 heavy (non-hydrogen) atoms. The van der Waals surface area contributed by atoms with E-state index in [1.807, 2.05) is 6.92 Å². The topological polar surface area (TPSA) is 93.2 Å². The fourth-order valence-electron chi connectivity index (χ4n) is 2.34. The van der Waals surface area contributed by atoms with Gasteiger partial charge in [-0.25, -0.2) is 0 Å². The zero-order chi connectivity index (χ0) is 14.7. The lowest BCUT2D eigenvalue weighted by Gasteiger charge is -2.32. The van der Waals surface area contributed by atoms with Gasteiger partial charge >= 0.3 is 0 Å². The molecular weight excluding hydrogens is 258 g/mol. The highest BCUT2D eigenvalue weighted by molar-refractivity contribution is 5.98. The number of aryl methyl sites for hydroxylation is 1. The van der Waals surface area contributed by atoms with Crippen molar-refractivity contribution in [3.8, 4) is 0 Å². The summed E-state index contributed by atoms with van der Waals surface area (Å²) in [5.41, 5.74) is 6.86. The van der Waals surface area contributed by atoms with Crippen LogP contribution in [-0.2, 0) is 11.3 Å². The first-order valence-electron chi connectivity index (χ1n) is 6.87. The average Bonchev–Trinajstić information content (AvgIpc) is 2.80. The first kappa shape index (κ1) is 14.5. The van der Waals surface area contributed by atoms with Crippen molar-refractivity contribution in [2.45, 2.75) is 32.9 Å². The molecule has 0 bridgehead atoms. The predicted molar refractivity (Wildman–Crippen MR) is 74.1 cm³/mol. The van der Waals surface area contributed by atoms with Gasteiger partial charge in [-0.2, -0.15) is 5.10 Å². The molecule has 1 aliphatic rings. The van der Waals surface area contributed by atoms with E-state index in [1.54, 1.807) is 22.7 Å². The van der Waals surface area contributed by atoms with E-state index in [4.69, 9.17) is 5.73 Å². The number of amides is 2. The second-order valence-corrected chi connectivity index (χ2v) is 4.97. The third kappa shape index (κ3) is 2.67. The molecule has 0 radical (unpaired) electrons. The number of piperazine rings is 1. The van der Waals surface area contributed by atoms with E-state index in [0.717, 1.165) is 12.1 Å². The van der Waals surface area contributed by atoms with Gasteiger partial charge in [0.1, 0.15) is 6.04 Å². The zero-order valence-corrected chi connectivity index (χ0v) is 11.9. The second kappa shape index (κ2) is 6.04. The second-order valence-electron chi connectivity index (χ2n) is 4.97. The van der Waals surface area contributed by atoms with Crippen LogP contribution in [0.15, 0.2) is 6.20 Å². The minimum Gasteiger partial charge on any atom is -0.353 e. The molecule has 1 aromatic heterocycles. The third-order valence-corrected chi connectivity index (χ3v) is 3.67. The van der Waals surface area contributed by atoms with Crippen molar-refractivity contribution < 1.29 is 9.59 Å². The SMILES string of the molecule is Cc1c(C(=O)N2CCNC(=O)C2C)cnn1CCCN. The van der Waals surface area contributed by atoms with Crippen molar-refractivity contribution in [1.82, 2.24) is 20.0 Å². The van der Waals surface area contributed by atoms with Gasteiger partial charge in [-0.3, -0.25) is 14.3 Å². The fraction of sp³-hybridized carbons (Fsp3) is 0.615. The maximum atomic E-state index is 12.5. The largest absolute Gasteiger partial charge is 0.353 e. The highest BCUT2D eigenvalue weighted by Gasteiger charge is 2.31. The molecule has 1 saturated heterocycles. The summed E-state index contributed by atoms with van der Waals surface area (Å²) in [5.74, 6) is -0.248. The van der Waals surface area contributed by atoms with Gasteiger partial charge in [0.15, 0.2) is 0 Å². The van der Waals surface area contributed by atoms with E-state index in [-0.39, 0.29) is 11.8 Å². The Morgan fingerprint density at radius 2 is 2.35 bits per heavy atom. The summed E-state index contributed by atoms with van der Waals surface area (Å²) < 4.78 is 1.79. The van der Waals surface area contributed by atoms with Gasteiger partial charge in [-0.1, -0.05) is 0 Å². The molecule has 2 rings (SSSR count). The lowest BCUT2D eigenvalue weighted by Crippen LogP contribution is -2.55. The average molecular weight is 279 g/mol. The highest BCUT2D eigenvalue weighted by atomic mass is 16.2. The van der Waals surface area contributed by atoms with Crippen molar-refractivity contribution in [1.29, 1.82) is 0 Å². The van der Waals surface area contributed by atoms with Gasteiger partial charge in [0.2, 0.25) is 5.91 Å². The molecule has 0 aliphatic carbocycles. The molecule has 1 aliphatic heterocycles. The fourth-order valence-corrected chi connectivity index (χ4v) is 2.34. The normalized spacial score (nSPS) is 19.1. The molecule has 1 fully saturated rings. The van der Waals surface area contributed by atoms with E-state index in [0.29, 0.717) is 31.7 Å². The minimum atomic E-state index is -0.442. The summed E-state index contributed by atoms with van der Waals surface area (Å²) in [5, 5.41) is 6.97. The van der Waals surface area contributed by atoms with E-state index in [1.165, 1.54) is 0 Å². The van der Waals surface area contributed by atoms with Gasteiger partial charge in [0, 0.05) is 25.3 Å². The number of nitrogens with zero attached hydrogens (tertiary/aromatic N) is 3. The number of carbonyl (C=O) groups is 2.